The van der Waals surface area contributed by atoms with E-state index in [0.29, 0.717) is 6.61 Å². The summed E-state index contributed by atoms with van der Waals surface area (Å²) in [6.45, 7) is 2.35. The Hall–Kier alpha value is -1.39. The molecule has 1 fully saturated rings. The van der Waals surface area contributed by atoms with Gasteiger partial charge in [0.2, 0.25) is 5.91 Å². The van der Waals surface area contributed by atoms with Gasteiger partial charge in [-0.05, 0) is 18.9 Å². The van der Waals surface area contributed by atoms with E-state index in [9.17, 15) is 4.79 Å². The van der Waals surface area contributed by atoms with Gasteiger partial charge in [0.25, 0.3) is 0 Å². The van der Waals surface area contributed by atoms with Crippen LogP contribution in [0.4, 0.5) is 0 Å². The molecule has 92 valence electrons. The van der Waals surface area contributed by atoms with Crippen LogP contribution in [0, 0.1) is 0 Å². The molecule has 1 aliphatic rings. The van der Waals surface area contributed by atoms with E-state index >= 15 is 0 Å². The first-order valence-electron chi connectivity index (χ1n) is 5.91. The van der Waals surface area contributed by atoms with Gasteiger partial charge in [0.15, 0.2) is 0 Å². The van der Waals surface area contributed by atoms with Crippen molar-refractivity contribution in [3.63, 3.8) is 0 Å². The molecule has 0 aliphatic carbocycles. The Kier molecular flexibility index (Phi) is 3.76. The van der Waals surface area contributed by atoms with Crippen molar-refractivity contribution in [2.75, 3.05) is 6.61 Å². The lowest BCUT2D eigenvalue weighted by atomic mass is 10.0. The maximum atomic E-state index is 11.6. The number of amides is 1. The largest absolute Gasteiger partial charge is 0.371 e. The highest BCUT2D eigenvalue weighted by molar-refractivity contribution is 5.81. The first-order valence-corrected chi connectivity index (χ1v) is 5.91. The molecule has 0 spiro atoms. The second-order valence-electron chi connectivity index (χ2n) is 4.39. The van der Waals surface area contributed by atoms with Gasteiger partial charge in [0.1, 0.15) is 6.10 Å². The molecule has 0 bridgehead atoms. The van der Waals surface area contributed by atoms with Crippen LogP contribution in [0.2, 0.25) is 0 Å². The SMILES string of the molecule is C[C@@H](N)C(=O)NC1CCOC1c1ccccc1. The van der Waals surface area contributed by atoms with Crippen LogP contribution in [0.15, 0.2) is 30.3 Å². The minimum absolute atomic E-state index is 0.0240. The van der Waals surface area contributed by atoms with Crippen LogP contribution in [0.3, 0.4) is 0 Å². The summed E-state index contributed by atoms with van der Waals surface area (Å²) in [6.07, 6.45) is 0.775. The number of carbonyl (C=O) groups is 1. The van der Waals surface area contributed by atoms with Gasteiger partial charge in [-0.15, -0.1) is 0 Å². The number of nitrogens with two attached hydrogens (primary N) is 1. The van der Waals surface area contributed by atoms with Gasteiger partial charge in [-0.2, -0.15) is 0 Å². The number of nitrogens with one attached hydrogen (secondary N) is 1. The fourth-order valence-corrected chi connectivity index (χ4v) is 2.02. The normalized spacial score (nSPS) is 25.5. The molecule has 2 unspecified atom stereocenters. The summed E-state index contributed by atoms with van der Waals surface area (Å²) in [6, 6.07) is 9.49. The monoisotopic (exact) mass is 234 g/mol. The second-order valence-corrected chi connectivity index (χ2v) is 4.39. The Morgan fingerprint density at radius 3 is 2.82 bits per heavy atom. The van der Waals surface area contributed by atoms with Gasteiger partial charge in [0, 0.05) is 6.61 Å². The van der Waals surface area contributed by atoms with Crippen LogP contribution in [-0.2, 0) is 9.53 Å². The van der Waals surface area contributed by atoms with Crippen molar-refractivity contribution in [2.45, 2.75) is 31.5 Å². The van der Waals surface area contributed by atoms with E-state index in [-0.39, 0.29) is 18.1 Å². The lowest BCUT2D eigenvalue weighted by Gasteiger charge is -2.21. The predicted molar refractivity (Wildman–Crippen MR) is 65.3 cm³/mol. The Bertz CT molecular complexity index is 378. The molecule has 0 saturated carbocycles. The summed E-state index contributed by atoms with van der Waals surface area (Å²) in [5.74, 6) is -0.124. The molecule has 3 atom stereocenters. The summed E-state index contributed by atoms with van der Waals surface area (Å²) in [7, 11) is 0. The van der Waals surface area contributed by atoms with Crippen LogP contribution in [0.25, 0.3) is 0 Å². The number of benzene rings is 1. The zero-order valence-electron chi connectivity index (χ0n) is 9.93. The topological polar surface area (TPSA) is 64.4 Å². The third-order valence-electron chi connectivity index (χ3n) is 2.96. The molecule has 2 rings (SSSR count). The van der Waals surface area contributed by atoms with E-state index in [1.165, 1.54) is 0 Å². The Balaban J connectivity index is 2.05. The van der Waals surface area contributed by atoms with Gasteiger partial charge >= 0.3 is 0 Å². The molecule has 17 heavy (non-hydrogen) atoms. The van der Waals surface area contributed by atoms with E-state index in [0.717, 1.165) is 12.0 Å². The highest BCUT2D eigenvalue weighted by atomic mass is 16.5. The van der Waals surface area contributed by atoms with Gasteiger partial charge in [0.05, 0.1) is 12.1 Å². The number of carbonyl (C=O) groups excluding carboxylic acids is 1. The van der Waals surface area contributed by atoms with E-state index in [1.54, 1.807) is 6.92 Å². The lowest BCUT2D eigenvalue weighted by molar-refractivity contribution is -0.123. The molecule has 0 radical (unpaired) electrons. The van der Waals surface area contributed by atoms with E-state index in [1.807, 2.05) is 30.3 Å². The number of hydrogen-bond donors (Lipinski definition) is 2. The molecule has 1 heterocycles. The molecule has 3 N–H and O–H groups in total. The van der Waals surface area contributed by atoms with Crippen molar-refractivity contribution in [1.29, 1.82) is 0 Å². The zero-order valence-corrected chi connectivity index (χ0v) is 9.93. The molecule has 4 heteroatoms. The first kappa shape index (κ1) is 12.1. The maximum absolute atomic E-state index is 11.6. The molecule has 1 aliphatic heterocycles. The zero-order chi connectivity index (χ0) is 12.3. The van der Waals surface area contributed by atoms with Gasteiger partial charge in [-0.25, -0.2) is 0 Å². The average Bonchev–Trinajstić information content (AvgIpc) is 2.78. The third-order valence-corrected chi connectivity index (χ3v) is 2.96. The van der Waals surface area contributed by atoms with E-state index in [2.05, 4.69) is 5.32 Å². The Morgan fingerprint density at radius 1 is 1.47 bits per heavy atom. The van der Waals surface area contributed by atoms with Crippen LogP contribution < -0.4 is 11.1 Å². The fraction of sp³-hybridized carbons (Fsp3) is 0.462. The molecule has 4 nitrogen and oxygen atoms in total. The van der Waals surface area contributed by atoms with Crippen LogP contribution in [-0.4, -0.2) is 24.6 Å². The van der Waals surface area contributed by atoms with Crippen molar-refractivity contribution in [3.05, 3.63) is 35.9 Å². The number of rotatable bonds is 3. The molecular formula is C13H18N2O2. The summed E-state index contributed by atoms with van der Waals surface area (Å²) in [4.78, 5) is 11.6. The summed E-state index contributed by atoms with van der Waals surface area (Å²) in [5.41, 5.74) is 6.64. The number of hydrogen-bond acceptors (Lipinski definition) is 3. The molecule has 1 amide bonds. The molecule has 1 aromatic carbocycles. The van der Waals surface area contributed by atoms with Gasteiger partial charge in [-0.3, -0.25) is 4.79 Å². The van der Waals surface area contributed by atoms with Crippen molar-refractivity contribution < 1.29 is 9.53 Å². The van der Waals surface area contributed by atoms with Crippen molar-refractivity contribution in [2.24, 2.45) is 5.73 Å². The maximum Gasteiger partial charge on any atom is 0.236 e. The Morgan fingerprint density at radius 2 is 2.18 bits per heavy atom. The third kappa shape index (κ3) is 2.84. The lowest BCUT2D eigenvalue weighted by Crippen LogP contribution is -2.44. The summed E-state index contributed by atoms with van der Waals surface area (Å²) in [5, 5.41) is 2.94. The average molecular weight is 234 g/mol. The first-order chi connectivity index (χ1) is 8.18. The highest BCUT2D eigenvalue weighted by Gasteiger charge is 2.31. The molecule has 1 aromatic rings. The van der Waals surface area contributed by atoms with Crippen LogP contribution >= 0.6 is 0 Å². The molecular weight excluding hydrogens is 216 g/mol. The Labute approximate surface area is 101 Å². The summed E-state index contributed by atoms with van der Waals surface area (Å²) < 4.78 is 5.68. The van der Waals surface area contributed by atoms with E-state index < -0.39 is 6.04 Å². The predicted octanol–water partition coefficient (Wildman–Crippen LogP) is 0.980. The fourth-order valence-electron chi connectivity index (χ4n) is 2.02. The minimum atomic E-state index is -0.480. The van der Waals surface area contributed by atoms with Crippen molar-refractivity contribution >= 4 is 5.91 Å². The summed E-state index contributed by atoms with van der Waals surface area (Å²) >= 11 is 0. The molecule has 1 saturated heterocycles. The number of ether oxygens (including phenoxy) is 1. The van der Waals surface area contributed by atoms with Crippen molar-refractivity contribution in [3.8, 4) is 0 Å². The highest BCUT2D eigenvalue weighted by Crippen LogP contribution is 2.28. The minimum Gasteiger partial charge on any atom is -0.371 e. The van der Waals surface area contributed by atoms with Gasteiger partial charge < -0.3 is 15.8 Å². The van der Waals surface area contributed by atoms with Crippen molar-refractivity contribution in [1.82, 2.24) is 5.32 Å². The van der Waals surface area contributed by atoms with Crippen LogP contribution in [0.5, 0.6) is 0 Å². The molecule has 0 aromatic heterocycles. The standard InChI is InChI=1S/C13H18N2O2/c1-9(14)13(16)15-11-7-8-17-12(11)10-5-3-2-4-6-10/h2-6,9,11-12H,7-8,14H2,1H3,(H,15,16)/t9-,11?,12?/m1/s1. The smallest absolute Gasteiger partial charge is 0.236 e. The van der Waals surface area contributed by atoms with E-state index in [4.69, 9.17) is 10.5 Å². The second kappa shape index (κ2) is 5.29. The van der Waals surface area contributed by atoms with Gasteiger partial charge in [-0.1, -0.05) is 30.3 Å². The quantitative estimate of drug-likeness (QED) is 0.819. The van der Waals surface area contributed by atoms with Crippen LogP contribution in [0.1, 0.15) is 25.0 Å².